The Bertz CT molecular complexity index is 1380. The summed E-state index contributed by atoms with van der Waals surface area (Å²) < 4.78 is 41.3. The molecule has 0 aliphatic rings. The Morgan fingerprint density at radius 3 is 2.61 bits per heavy atom. The second kappa shape index (κ2) is 9.47. The number of nitrogens with zero attached hydrogens (tertiary/aromatic N) is 1. The molecule has 33 heavy (non-hydrogen) atoms. The van der Waals surface area contributed by atoms with E-state index in [4.69, 9.17) is 13.9 Å². The number of anilines is 1. The van der Waals surface area contributed by atoms with Crippen molar-refractivity contribution in [3.8, 4) is 22.8 Å². The largest absolute Gasteiger partial charge is 0.497 e. The van der Waals surface area contributed by atoms with Crippen LogP contribution in [0.2, 0.25) is 0 Å². The Morgan fingerprint density at radius 1 is 1.09 bits per heavy atom. The van der Waals surface area contributed by atoms with E-state index in [1.807, 2.05) is 6.07 Å². The van der Waals surface area contributed by atoms with Crippen molar-refractivity contribution >= 4 is 32.2 Å². The molecule has 4 aromatic rings. The van der Waals surface area contributed by atoms with Crippen molar-refractivity contribution in [2.24, 2.45) is 0 Å². The summed E-state index contributed by atoms with van der Waals surface area (Å²) in [6.07, 6.45) is 1.29. The molecule has 8 nitrogen and oxygen atoms in total. The van der Waals surface area contributed by atoms with Crippen molar-refractivity contribution in [3.63, 3.8) is 0 Å². The second-order valence-corrected chi connectivity index (χ2v) is 9.75. The lowest BCUT2D eigenvalue weighted by molar-refractivity contribution is 0.0995. The average molecular weight is 485 g/mol. The van der Waals surface area contributed by atoms with Crippen molar-refractivity contribution in [2.75, 3.05) is 19.5 Å². The van der Waals surface area contributed by atoms with Gasteiger partial charge >= 0.3 is 0 Å². The fourth-order valence-electron chi connectivity index (χ4n) is 3.18. The maximum Gasteiger partial charge on any atom is 0.293 e. The maximum atomic E-state index is 12.8. The van der Waals surface area contributed by atoms with Crippen LogP contribution in [0.3, 0.4) is 0 Å². The number of furan rings is 1. The number of sulfone groups is 1. The van der Waals surface area contributed by atoms with Gasteiger partial charge in [0.25, 0.3) is 5.91 Å². The highest BCUT2D eigenvalue weighted by molar-refractivity contribution is 7.90. The minimum absolute atomic E-state index is 0.0757. The van der Waals surface area contributed by atoms with Gasteiger partial charge in [-0.2, -0.15) is 0 Å². The smallest absolute Gasteiger partial charge is 0.293 e. The highest BCUT2D eigenvalue weighted by atomic mass is 32.2. The summed E-state index contributed by atoms with van der Waals surface area (Å²) in [7, 11) is -0.515. The lowest BCUT2D eigenvalue weighted by Crippen LogP contribution is -2.14. The van der Waals surface area contributed by atoms with E-state index in [0.29, 0.717) is 22.3 Å². The molecule has 170 valence electrons. The number of carbonyl (C=O) groups is 1. The molecule has 0 radical (unpaired) electrons. The predicted molar refractivity (Wildman–Crippen MR) is 125 cm³/mol. The van der Waals surface area contributed by atoms with Gasteiger partial charge < -0.3 is 13.9 Å². The second-order valence-electron chi connectivity index (χ2n) is 6.91. The van der Waals surface area contributed by atoms with Gasteiger partial charge in [-0.15, -0.1) is 11.3 Å². The molecular formula is C23H20N2O6S2. The summed E-state index contributed by atoms with van der Waals surface area (Å²) >= 11 is 1.23. The number of rotatable bonds is 8. The Kier molecular flexibility index (Phi) is 6.47. The average Bonchev–Trinajstić information content (AvgIpc) is 3.48. The number of aromatic nitrogens is 1. The van der Waals surface area contributed by atoms with Gasteiger partial charge in [0.15, 0.2) is 20.7 Å². The predicted octanol–water partition coefficient (Wildman–Crippen LogP) is 4.65. The third-order valence-electron chi connectivity index (χ3n) is 4.81. The quantitative estimate of drug-likeness (QED) is 0.388. The Hall–Kier alpha value is -3.63. The van der Waals surface area contributed by atoms with Gasteiger partial charge in [-0.25, -0.2) is 13.4 Å². The molecule has 0 atom stereocenters. The highest BCUT2D eigenvalue weighted by Crippen LogP contribution is 2.35. The zero-order chi connectivity index (χ0) is 23.4. The Balaban J connectivity index is 1.52. The molecule has 1 amide bonds. The molecule has 10 heteroatoms. The molecule has 4 rings (SSSR count). The summed E-state index contributed by atoms with van der Waals surface area (Å²) in [5.41, 5.74) is 1.62. The number of nitrogens with one attached hydrogen (secondary N) is 1. The first-order valence-corrected chi connectivity index (χ1v) is 12.3. The zero-order valence-corrected chi connectivity index (χ0v) is 19.4. The zero-order valence-electron chi connectivity index (χ0n) is 17.8. The van der Waals surface area contributed by atoms with Gasteiger partial charge in [-0.1, -0.05) is 18.2 Å². The van der Waals surface area contributed by atoms with Gasteiger partial charge in [0.05, 0.1) is 36.8 Å². The molecule has 2 aromatic carbocycles. The van der Waals surface area contributed by atoms with Crippen molar-refractivity contribution in [2.45, 2.75) is 10.6 Å². The van der Waals surface area contributed by atoms with Crippen LogP contribution in [0.25, 0.3) is 11.3 Å². The van der Waals surface area contributed by atoms with Crippen molar-refractivity contribution < 1.29 is 27.1 Å². The number of methoxy groups -OCH3 is 2. The minimum Gasteiger partial charge on any atom is -0.497 e. The van der Waals surface area contributed by atoms with E-state index < -0.39 is 15.7 Å². The summed E-state index contributed by atoms with van der Waals surface area (Å²) in [4.78, 5) is 17.4. The molecule has 0 saturated carbocycles. The number of hydrogen-bond donors (Lipinski definition) is 1. The number of thiazole rings is 1. The van der Waals surface area contributed by atoms with Crippen molar-refractivity contribution in [3.05, 3.63) is 77.6 Å². The fraction of sp³-hybridized carbons (Fsp3) is 0.130. The normalized spacial score (nSPS) is 11.2. The summed E-state index contributed by atoms with van der Waals surface area (Å²) in [6.45, 7) is 0. The first-order valence-electron chi connectivity index (χ1n) is 9.74. The lowest BCUT2D eigenvalue weighted by Gasteiger charge is -2.08. The molecule has 1 N–H and O–H groups in total. The van der Waals surface area contributed by atoms with E-state index >= 15 is 0 Å². The molecule has 2 heterocycles. The third kappa shape index (κ3) is 4.91. The molecule has 0 saturated heterocycles. The van der Waals surface area contributed by atoms with Crippen LogP contribution in [0.4, 0.5) is 5.13 Å². The van der Waals surface area contributed by atoms with Crippen LogP contribution in [-0.2, 0) is 15.6 Å². The first-order chi connectivity index (χ1) is 15.9. The minimum atomic E-state index is -3.63. The molecule has 0 spiro atoms. The van der Waals surface area contributed by atoms with Crippen LogP contribution < -0.4 is 14.8 Å². The monoisotopic (exact) mass is 484 g/mol. The van der Waals surface area contributed by atoms with E-state index in [1.54, 1.807) is 49.9 Å². The topological polar surface area (TPSA) is 108 Å². The number of carbonyl (C=O) groups excluding carboxylic acids is 1. The van der Waals surface area contributed by atoms with E-state index in [0.717, 1.165) is 5.56 Å². The lowest BCUT2D eigenvalue weighted by atomic mass is 10.1. The Morgan fingerprint density at radius 2 is 1.88 bits per heavy atom. The van der Waals surface area contributed by atoms with Crippen LogP contribution in [0.15, 0.2) is 75.6 Å². The van der Waals surface area contributed by atoms with E-state index in [-0.39, 0.29) is 22.0 Å². The van der Waals surface area contributed by atoms with Crippen molar-refractivity contribution in [1.82, 2.24) is 4.98 Å². The first kappa shape index (κ1) is 22.6. The van der Waals surface area contributed by atoms with Crippen LogP contribution >= 0.6 is 11.3 Å². The summed E-state index contributed by atoms with van der Waals surface area (Å²) in [6, 6.07) is 14.9. The number of amides is 1. The Labute approximate surface area is 194 Å². The van der Waals surface area contributed by atoms with Gasteiger partial charge in [-0.05, 0) is 30.3 Å². The highest BCUT2D eigenvalue weighted by Gasteiger charge is 2.23. The van der Waals surface area contributed by atoms with Gasteiger partial charge in [-0.3, -0.25) is 10.1 Å². The molecule has 0 unspecified atom stereocenters. The standard InChI is InChI=1S/C23H20N2O6S2/c1-29-16-8-9-18(20(12-16)30-2)19-13-32-23(24-19)25-22(26)21-15(10-11-31-21)14-33(27,28)17-6-4-3-5-7-17/h3-13H,14H2,1-2H3,(H,24,25,26). The van der Waals surface area contributed by atoms with E-state index in [9.17, 15) is 13.2 Å². The van der Waals surface area contributed by atoms with Crippen LogP contribution in [0.5, 0.6) is 11.5 Å². The van der Waals surface area contributed by atoms with Crippen LogP contribution in [0.1, 0.15) is 16.1 Å². The number of hydrogen-bond acceptors (Lipinski definition) is 8. The summed E-state index contributed by atoms with van der Waals surface area (Å²) in [5, 5.41) is 4.79. The molecule has 0 fully saturated rings. The van der Waals surface area contributed by atoms with Crippen molar-refractivity contribution in [1.29, 1.82) is 0 Å². The third-order valence-corrected chi connectivity index (χ3v) is 7.25. The fourth-order valence-corrected chi connectivity index (χ4v) is 5.26. The van der Waals surface area contributed by atoms with Crippen LogP contribution in [-0.4, -0.2) is 33.5 Å². The van der Waals surface area contributed by atoms with Gasteiger partial charge in [0, 0.05) is 22.6 Å². The van der Waals surface area contributed by atoms with E-state index in [1.165, 1.54) is 35.8 Å². The van der Waals surface area contributed by atoms with E-state index in [2.05, 4.69) is 10.3 Å². The molecular weight excluding hydrogens is 464 g/mol. The maximum absolute atomic E-state index is 12.8. The number of ether oxygens (including phenoxy) is 2. The van der Waals surface area contributed by atoms with Crippen LogP contribution in [0, 0.1) is 0 Å². The molecule has 2 aromatic heterocycles. The molecule has 0 aliphatic heterocycles. The molecule has 0 aliphatic carbocycles. The van der Waals surface area contributed by atoms with Gasteiger partial charge in [0.2, 0.25) is 0 Å². The summed E-state index contributed by atoms with van der Waals surface area (Å²) in [5.74, 6) is 0.212. The number of benzene rings is 2. The van der Waals surface area contributed by atoms with Gasteiger partial charge in [0.1, 0.15) is 11.5 Å². The molecule has 0 bridgehead atoms. The SMILES string of the molecule is COc1ccc(-c2csc(NC(=O)c3occc3CS(=O)(=O)c3ccccc3)n2)c(OC)c1.